The number of nitrogens with zero attached hydrogens (tertiary/aromatic N) is 1. The number of rotatable bonds is 6. The summed E-state index contributed by atoms with van der Waals surface area (Å²) in [6.45, 7) is 8.70. The van der Waals surface area contributed by atoms with Gasteiger partial charge in [0.2, 0.25) is 5.91 Å². The van der Waals surface area contributed by atoms with Gasteiger partial charge in [-0.1, -0.05) is 76.5 Å². The lowest BCUT2D eigenvalue weighted by Gasteiger charge is -2.47. The van der Waals surface area contributed by atoms with Gasteiger partial charge in [-0.25, -0.2) is 0 Å². The van der Waals surface area contributed by atoms with E-state index in [4.69, 9.17) is 0 Å². The molecule has 1 spiro atoms. The summed E-state index contributed by atoms with van der Waals surface area (Å²) in [5, 5.41) is 11.8. The summed E-state index contributed by atoms with van der Waals surface area (Å²) in [6.07, 6.45) is 15.9. The Labute approximate surface area is 247 Å². The Bertz CT molecular complexity index is 1140. The highest BCUT2D eigenvalue weighted by Crippen LogP contribution is 2.42. The van der Waals surface area contributed by atoms with Gasteiger partial charge in [-0.3, -0.25) is 9.59 Å². The van der Waals surface area contributed by atoms with Gasteiger partial charge in [0.15, 0.2) is 0 Å². The quantitative estimate of drug-likeness (QED) is 0.364. The summed E-state index contributed by atoms with van der Waals surface area (Å²) in [6, 6.07) is 8.15. The molecule has 1 saturated carbocycles. The van der Waals surface area contributed by atoms with Crippen LogP contribution in [0.15, 0.2) is 24.3 Å². The lowest BCUT2D eigenvalue weighted by molar-refractivity contribution is -0.132. The van der Waals surface area contributed by atoms with Crippen molar-refractivity contribution in [2.45, 2.75) is 109 Å². The molecule has 7 heteroatoms. The van der Waals surface area contributed by atoms with Crippen molar-refractivity contribution in [3.05, 3.63) is 35.5 Å². The molecule has 0 bridgehead atoms. The van der Waals surface area contributed by atoms with Crippen LogP contribution in [-0.2, 0) is 4.79 Å². The summed E-state index contributed by atoms with van der Waals surface area (Å²) >= 11 is 0. The molecule has 2 aromatic rings. The predicted molar refractivity (Wildman–Crippen MR) is 167 cm³/mol. The van der Waals surface area contributed by atoms with E-state index >= 15 is 0 Å². The molecular weight excluding hydrogens is 510 g/mol. The zero-order valence-corrected chi connectivity index (χ0v) is 25.5. The minimum Gasteiger partial charge on any atom is -0.350 e. The summed E-state index contributed by atoms with van der Waals surface area (Å²) in [7, 11) is 0. The number of para-hydroxylation sites is 1. The van der Waals surface area contributed by atoms with Crippen molar-refractivity contribution in [1.29, 1.82) is 0 Å². The SMILES string of the molecule is Cc1cccc2cc(C(=O)NC(CCC(=O)N3CCNCC3)C3NCC4(CCCCCCCCCC4)CC3C)[nH]c12. The molecule has 7 nitrogen and oxygen atoms in total. The van der Waals surface area contributed by atoms with Crippen molar-refractivity contribution < 1.29 is 9.59 Å². The van der Waals surface area contributed by atoms with Gasteiger partial charge in [-0.2, -0.15) is 0 Å². The van der Waals surface area contributed by atoms with E-state index in [1.54, 1.807) is 0 Å². The zero-order chi connectivity index (χ0) is 28.7. The maximum Gasteiger partial charge on any atom is 0.268 e. The number of aromatic nitrogens is 1. The molecule has 3 fully saturated rings. The number of carbonyl (C=O) groups excluding carboxylic acids is 2. The monoisotopic (exact) mass is 563 g/mol. The van der Waals surface area contributed by atoms with E-state index in [2.05, 4.69) is 40.8 Å². The van der Waals surface area contributed by atoms with Crippen molar-refractivity contribution in [2.24, 2.45) is 11.3 Å². The van der Waals surface area contributed by atoms with E-state index < -0.39 is 0 Å². The topological polar surface area (TPSA) is 89.3 Å². The van der Waals surface area contributed by atoms with Gasteiger partial charge < -0.3 is 25.8 Å². The first kappa shape index (κ1) is 30.1. The standard InChI is InChI=1S/C34H53N5O2/c1-25-12-11-13-27-22-29(37-31(25)27)33(41)38-28(14-15-30(40)39-20-18-35-19-21-39)32-26(2)23-34(24-36-32)16-9-7-5-3-4-6-8-10-17-34/h11-13,22,26,28,32,35-37H,3-10,14-21,23-24H2,1-2H3,(H,38,41). The molecule has 2 aliphatic heterocycles. The average Bonchev–Trinajstić information content (AvgIpc) is 3.41. The second kappa shape index (κ2) is 14.2. The fourth-order valence-corrected chi connectivity index (χ4v) is 7.89. The van der Waals surface area contributed by atoms with Crippen LogP contribution in [0.5, 0.6) is 0 Å². The Hall–Kier alpha value is -2.38. The molecule has 3 unspecified atom stereocenters. The van der Waals surface area contributed by atoms with Gasteiger partial charge in [-0.15, -0.1) is 0 Å². The number of piperidine rings is 1. The molecule has 0 radical (unpaired) electrons. The molecule has 226 valence electrons. The number of nitrogens with one attached hydrogen (secondary N) is 4. The molecule has 41 heavy (non-hydrogen) atoms. The molecule has 3 aliphatic rings. The second-order valence-electron chi connectivity index (χ2n) is 13.4. The van der Waals surface area contributed by atoms with Gasteiger partial charge in [0.25, 0.3) is 5.91 Å². The molecular formula is C34H53N5O2. The Morgan fingerprint density at radius 2 is 1.71 bits per heavy atom. The van der Waals surface area contributed by atoms with E-state index in [0.717, 1.165) is 49.2 Å². The Balaban J connectivity index is 1.29. The number of benzene rings is 1. The van der Waals surface area contributed by atoms with Crippen molar-refractivity contribution in [1.82, 2.24) is 25.8 Å². The summed E-state index contributed by atoms with van der Waals surface area (Å²) < 4.78 is 0. The highest BCUT2D eigenvalue weighted by molar-refractivity contribution is 5.98. The van der Waals surface area contributed by atoms with E-state index in [1.165, 1.54) is 70.6 Å². The molecule has 5 rings (SSSR count). The van der Waals surface area contributed by atoms with Crippen LogP contribution in [0.1, 0.15) is 106 Å². The van der Waals surface area contributed by atoms with E-state index in [-0.39, 0.29) is 23.9 Å². The van der Waals surface area contributed by atoms with Crippen LogP contribution in [-0.4, -0.2) is 66.5 Å². The van der Waals surface area contributed by atoms with Crippen molar-refractivity contribution >= 4 is 22.7 Å². The fourth-order valence-electron chi connectivity index (χ4n) is 7.89. The number of piperazine rings is 1. The van der Waals surface area contributed by atoms with E-state index in [9.17, 15) is 9.59 Å². The minimum atomic E-state index is -0.100. The van der Waals surface area contributed by atoms with Crippen LogP contribution in [0.25, 0.3) is 10.9 Å². The fraction of sp³-hybridized carbons (Fsp3) is 0.706. The first-order valence-corrected chi connectivity index (χ1v) is 16.6. The highest BCUT2D eigenvalue weighted by Gasteiger charge is 2.41. The van der Waals surface area contributed by atoms with Crippen LogP contribution in [0.4, 0.5) is 0 Å². The Morgan fingerprint density at radius 3 is 2.37 bits per heavy atom. The van der Waals surface area contributed by atoms with Gasteiger partial charge in [0, 0.05) is 62.1 Å². The molecule has 4 N–H and O–H groups in total. The number of hydrogen-bond acceptors (Lipinski definition) is 4. The van der Waals surface area contributed by atoms with Crippen LogP contribution in [0.3, 0.4) is 0 Å². The van der Waals surface area contributed by atoms with Gasteiger partial charge in [-0.05, 0) is 55.6 Å². The third kappa shape index (κ3) is 7.72. The summed E-state index contributed by atoms with van der Waals surface area (Å²) in [5.74, 6) is 0.554. The minimum absolute atomic E-state index is 0.0792. The van der Waals surface area contributed by atoms with Crippen molar-refractivity contribution in [3.63, 3.8) is 0 Å². The smallest absolute Gasteiger partial charge is 0.268 e. The van der Waals surface area contributed by atoms with Crippen LogP contribution in [0.2, 0.25) is 0 Å². The van der Waals surface area contributed by atoms with Crippen LogP contribution in [0, 0.1) is 18.3 Å². The molecule has 1 aromatic carbocycles. The first-order valence-electron chi connectivity index (χ1n) is 16.6. The Morgan fingerprint density at radius 1 is 1.02 bits per heavy atom. The Kier molecular flexibility index (Phi) is 10.4. The number of fused-ring (bicyclic) bond motifs is 1. The number of aromatic amines is 1. The van der Waals surface area contributed by atoms with Gasteiger partial charge in [0.1, 0.15) is 5.69 Å². The molecule has 2 amide bonds. The molecule has 2 saturated heterocycles. The molecule has 1 aromatic heterocycles. The molecule has 1 aliphatic carbocycles. The lowest BCUT2D eigenvalue weighted by Crippen LogP contribution is -2.59. The van der Waals surface area contributed by atoms with E-state index in [0.29, 0.717) is 29.9 Å². The third-order valence-electron chi connectivity index (χ3n) is 10.2. The first-order chi connectivity index (χ1) is 19.9. The van der Waals surface area contributed by atoms with Gasteiger partial charge in [0.05, 0.1) is 0 Å². The van der Waals surface area contributed by atoms with Crippen molar-refractivity contribution in [3.8, 4) is 0 Å². The average molecular weight is 564 g/mol. The van der Waals surface area contributed by atoms with Crippen molar-refractivity contribution in [2.75, 3.05) is 32.7 Å². The number of carbonyl (C=O) groups is 2. The normalized spacial score (nSPS) is 25.0. The highest BCUT2D eigenvalue weighted by atomic mass is 16.2. The summed E-state index contributed by atoms with van der Waals surface area (Å²) in [4.78, 5) is 32.1. The number of amides is 2. The number of H-pyrrole nitrogens is 1. The maximum absolute atomic E-state index is 13.6. The lowest BCUT2D eigenvalue weighted by atomic mass is 9.67. The summed E-state index contributed by atoms with van der Waals surface area (Å²) in [5.41, 5.74) is 3.10. The number of aryl methyl sites for hydroxylation is 1. The predicted octanol–water partition coefficient (Wildman–Crippen LogP) is 5.69. The molecule has 3 heterocycles. The number of hydrogen-bond donors (Lipinski definition) is 4. The van der Waals surface area contributed by atoms with Gasteiger partial charge >= 0.3 is 0 Å². The maximum atomic E-state index is 13.6. The molecule has 3 atom stereocenters. The van der Waals surface area contributed by atoms with Crippen LogP contribution < -0.4 is 16.0 Å². The second-order valence-corrected chi connectivity index (χ2v) is 13.4. The zero-order valence-electron chi connectivity index (χ0n) is 25.5. The van der Waals surface area contributed by atoms with E-state index in [1.807, 2.05) is 23.1 Å². The largest absolute Gasteiger partial charge is 0.350 e. The van der Waals surface area contributed by atoms with Crippen LogP contribution >= 0.6 is 0 Å². The third-order valence-corrected chi connectivity index (χ3v) is 10.2.